The van der Waals surface area contributed by atoms with Crippen molar-refractivity contribution in [3.63, 3.8) is 0 Å². The van der Waals surface area contributed by atoms with Crippen molar-refractivity contribution >= 4 is 27.5 Å². The van der Waals surface area contributed by atoms with E-state index in [0.29, 0.717) is 35.2 Å². The van der Waals surface area contributed by atoms with Crippen LogP contribution in [0.2, 0.25) is 0 Å². The molecular weight excluding hydrogens is 493 g/mol. The molecule has 3 aliphatic rings. The number of aromatic nitrogens is 3. The Hall–Kier alpha value is -3.52. The predicted octanol–water partition coefficient (Wildman–Crippen LogP) is 5.79. The lowest BCUT2D eigenvalue weighted by Gasteiger charge is -2.33. The van der Waals surface area contributed by atoms with E-state index in [9.17, 15) is 5.11 Å². The summed E-state index contributed by atoms with van der Waals surface area (Å²) in [4.78, 5) is 18.7. The highest BCUT2D eigenvalue weighted by atomic mass is 19.1. The van der Waals surface area contributed by atoms with Crippen LogP contribution in [0.15, 0.2) is 42.6 Å². The molecule has 1 aliphatic carbocycles. The average molecular weight is 528 g/mol. The van der Waals surface area contributed by atoms with Crippen LogP contribution in [-0.2, 0) is 0 Å². The van der Waals surface area contributed by atoms with Gasteiger partial charge in [0.15, 0.2) is 5.82 Å². The topological polar surface area (TPSA) is 74.6 Å². The molecule has 2 unspecified atom stereocenters. The first-order valence-corrected chi connectivity index (χ1v) is 14.3. The van der Waals surface area contributed by atoms with Gasteiger partial charge in [-0.3, -0.25) is 9.88 Å². The minimum atomic E-state index is -0.521. The first-order chi connectivity index (χ1) is 19.1. The van der Waals surface area contributed by atoms with Crippen molar-refractivity contribution in [1.82, 2.24) is 19.9 Å². The highest BCUT2D eigenvalue weighted by Gasteiger charge is 2.34. The highest BCUT2D eigenvalue weighted by molar-refractivity contribution is 5.99. The molecule has 0 radical (unpaired) electrons. The number of anilines is 1. The monoisotopic (exact) mass is 527 g/mol. The molecule has 39 heavy (non-hydrogen) atoms. The zero-order valence-electron chi connectivity index (χ0n) is 22.2. The van der Waals surface area contributed by atoms with Crippen molar-refractivity contribution in [1.29, 1.82) is 0 Å². The summed E-state index contributed by atoms with van der Waals surface area (Å²) in [5.74, 6) is 1.55. The first kappa shape index (κ1) is 24.5. The lowest BCUT2D eigenvalue weighted by atomic mass is 9.98. The molecule has 0 amide bonds. The van der Waals surface area contributed by atoms with Crippen molar-refractivity contribution < 1.29 is 14.2 Å². The number of nitrogens with zero attached hydrogens (tertiary/aromatic N) is 5. The van der Waals surface area contributed by atoms with E-state index >= 15 is 4.39 Å². The van der Waals surface area contributed by atoms with Crippen LogP contribution in [0.25, 0.3) is 32.9 Å². The van der Waals surface area contributed by atoms with Gasteiger partial charge in [0.2, 0.25) is 0 Å². The number of phenols is 1. The lowest BCUT2D eigenvalue weighted by molar-refractivity contribution is 0.177. The lowest BCUT2D eigenvalue weighted by Crippen LogP contribution is -2.37. The summed E-state index contributed by atoms with van der Waals surface area (Å²) in [6.07, 6.45) is 9.17. The van der Waals surface area contributed by atoms with Crippen LogP contribution in [0, 0.1) is 17.7 Å². The molecule has 8 heteroatoms. The standard InChI is InChI=1S/C31H34FN5O2/c32-27-28(25-16-23(38)15-22-6-2-3-7-24(22)25)33-17-26-29(27)34-31(39-13-12-36-10-4-1-5-11-36)35-30(26)37-18-20-8-9-21(14-20)19-37/h2-3,6-7,15-17,20-21,38H,1,4-5,8-14,18-19H2. The summed E-state index contributed by atoms with van der Waals surface area (Å²) in [6.45, 7) is 5.28. The summed E-state index contributed by atoms with van der Waals surface area (Å²) >= 11 is 0. The van der Waals surface area contributed by atoms with Crippen LogP contribution >= 0.6 is 0 Å². The molecule has 2 aromatic heterocycles. The van der Waals surface area contributed by atoms with Crippen LogP contribution < -0.4 is 9.64 Å². The first-order valence-electron chi connectivity index (χ1n) is 14.3. The Labute approximate surface area is 227 Å². The van der Waals surface area contributed by atoms with E-state index in [4.69, 9.17) is 9.72 Å². The second-order valence-electron chi connectivity index (χ2n) is 11.4. The molecule has 1 N–H and O–H groups in total. The smallest absolute Gasteiger partial charge is 0.319 e. The number of piperidine rings is 2. The van der Waals surface area contributed by atoms with E-state index in [0.717, 1.165) is 43.5 Å². The molecule has 2 aromatic carbocycles. The van der Waals surface area contributed by atoms with Gasteiger partial charge in [-0.15, -0.1) is 0 Å². The van der Waals surface area contributed by atoms with E-state index in [1.165, 1.54) is 38.5 Å². The van der Waals surface area contributed by atoms with Crippen LogP contribution in [0.3, 0.4) is 0 Å². The molecule has 0 spiro atoms. The number of fused-ring (bicyclic) bond motifs is 4. The molecule has 202 valence electrons. The maximum Gasteiger partial charge on any atom is 0.319 e. The third-order valence-electron chi connectivity index (χ3n) is 8.74. The van der Waals surface area contributed by atoms with Gasteiger partial charge in [-0.25, -0.2) is 4.39 Å². The molecule has 4 heterocycles. The second kappa shape index (κ2) is 10.2. The van der Waals surface area contributed by atoms with Gasteiger partial charge in [-0.2, -0.15) is 9.97 Å². The summed E-state index contributed by atoms with van der Waals surface area (Å²) in [5.41, 5.74) is 0.911. The van der Waals surface area contributed by atoms with Crippen LogP contribution in [0.4, 0.5) is 10.2 Å². The van der Waals surface area contributed by atoms with Crippen molar-refractivity contribution in [2.75, 3.05) is 44.2 Å². The van der Waals surface area contributed by atoms with E-state index in [-0.39, 0.29) is 23.0 Å². The van der Waals surface area contributed by atoms with Crippen molar-refractivity contribution in [2.24, 2.45) is 11.8 Å². The van der Waals surface area contributed by atoms with Gasteiger partial charge in [0, 0.05) is 31.4 Å². The molecule has 2 bridgehead atoms. The van der Waals surface area contributed by atoms with Crippen molar-refractivity contribution in [3.8, 4) is 23.0 Å². The number of benzene rings is 2. The number of likely N-dealkylation sites (tertiary alicyclic amines) is 1. The fourth-order valence-corrected chi connectivity index (χ4v) is 6.84. The van der Waals surface area contributed by atoms with Gasteiger partial charge >= 0.3 is 6.01 Å². The van der Waals surface area contributed by atoms with Gasteiger partial charge < -0.3 is 14.7 Å². The normalized spacial score (nSPS) is 21.6. The largest absolute Gasteiger partial charge is 0.508 e. The Morgan fingerprint density at radius 2 is 1.77 bits per heavy atom. The summed E-state index contributed by atoms with van der Waals surface area (Å²) in [6, 6.07) is 11.1. The quantitative estimate of drug-likeness (QED) is 0.340. The van der Waals surface area contributed by atoms with E-state index in [2.05, 4.69) is 19.8 Å². The number of hydrogen-bond acceptors (Lipinski definition) is 7. The Kier molecular flexibility index (Phi) is 6.43. The Balaban J connectivity index is 1.30. The zero-order chi connectivity index (χ0) is 26.3. The van der Waals surface area contributed by atoms with Gasteiger partial charge in [0.1, 0.15) is 29.4 Å². The fraction of sp³-hybridized carbons (Fsp3) is 0.452. The average Bonchev–Trinajstić information content (AvgIpc) is 3.30. The third-order valence-corrected chi connectivity index (χ3v) is 8.74. The van der Waals surface area contributed by atoms with Gasteiger partial charge in [0.05, 0.1) is 5.39 Å². The number of rotatable bonds is 6. The van der Waals surface area contributed by atoms with Crippen LogP contribution in [0.1, 0.15) is 38.5 Å². The number of halogens is 1. The summed E-state index contributed by atoms with van der Waals surface area (Å²) in [5, 5.41) is 12.6. The Bertz CT molecular complexity index is 1510. The van der Waals surface area contributed by atoms with Crippen LogP contribution in [0.5, 0.6) is 11.8 Å². The molecule has 7 rings (SSSR count). The molecule has 1 saturated carbocycles. The van der Waals surface area contributed by atoms with Gasteiger partial charge in [0.25, 0.3) is 0 Å². The Morgan fingerprint density at radius 1 is 0.974 bits per heavy atom. The zero-order valence-corrected chi connectivity index (χ0v) is 22.2. The number of ether oxygens (including phenoxy) is 1. The van der Waals surface area contributed by atoms with Crippen molar-refractivity contribution in [2.45, 2.75) is 38.5 Å². The second-order valence-corrected chi connectivity index (χ2v) is 11.4. The molecule has 4 aromatic rings. The Morgan fingerprint density at radius 3 is 2.59 bits per heavy atom. The summed E-state index contributed by atoms with van der Waals surface area (Å²) < 4.78 is 22.5. The molecule has 2 aliphatic heterocycles. The van der Waals surface area contributed by atoms with E-state index in [1.807, 2.05) is 24.3 Å². The SMILES string of the molecule is Oc1cc(-c2ncc3c(N4CC5CCC(C5)C4)nc(OCCN4CCCCC4)nc3c2F)c2ccccc2c1. The fourth-order valence-electron chi connectivity index (χ4n) is 6.84. The molecule has 2 saturated heterocycles. The molecular formula is C31H34FN5O2. The van der Waals surface area contributed by atoms with Gasteiger partial charge in [-0.05, 0) is 79.9 Å². The number of aromatic hydroxyl groups is 1. The third kappa shape index (κ3) is 4.75. The minimum absolute atomic E-state index is 0.0684. The molecule has 7 nitrogen and oxygen atoms in total. The molecule has 3 fully saturated rings. The summed E-state index contributed by atoms with van der Waals surface area (Å²) in [7, 11) is 0. The minimum Gasteiger partial charge on any atom is -0.508 e. The van der Waals surface area contributed by atoms with Crippen molar-refractivity contribution in [3.05, 3.63) is 48.4 Å². The maximum atomic E-state index is 16.4. The predicted molar refractivity (Wildman–Crippen MR) is 151 cm³/mol. The molecule has 2 atom stereocenters. The van der Waals surface area contributed by atoms with E-state index < -0.39 is 5.82 Å². The highest BCUT2D eigenvalue weighted by Crippen LogP contribution is 2.41. The number of hydrogen-bond donors (Lipinski definition) is 1. The number of phenolic OH excluding ortho intramolecular Hbond substituents is 1. The van der Waals surface area contributed by atoms with E-state index in [1.54, 1.807) is 18.3 Å². The van der Waals surface area contributed by atoms with Crippen LogP contribution in [-0.4, -0.2) is 64.3 Å². The van der Waals surface area contributed by atoms with Gasteiger partial charge in [-0.1, -0.05) is 30.7 Å². The number of pyridine rings is 1. The maximum absolute atomic E-state index is 16.4.